The van der Waals surface area contributed by atoms with Crippen molar-refractivity contribution in [3.63, 3.8) is 0 Å². The summed E-state index contributed by atoms with van der Waals surface area (Å²) in [6.07, 6.45) is 3.13. The molecule has 2 atom stereocenters. The molecule has 28 heavy (non-hydrogen) atoms. The van der Waals surface area contributed by atoms with E-state index < -0.39 is 0 Å². The second-order valence-electron chi connectivity index (χ2n) is 7.28. The lowest BCUT2D eigenvalue weighted by atomic mass is 10.1. The molecule has 1 N–H and O–H groups in total. The lowest BCUT2D eigenvalue weighted by molar-refractivity contribution is 0.129. The summed E-state index contributed by atoms with van der Waals surface area (Å²) in [6, 6.07) is 17.3. The maximum atomic E-state index is 14.0. The Labute approximate surface area is 183 Å². The molecule has 2 fully saturated rings. The fourth-order valence-corrected chi connectivity index (χ4v) is 3.81. The highest BCUT2D eigenvalue weighted by Gasteiger charge is 2.41. The molecule has 0 radical (unpaired) electrons. The molecule has 1 saturated heterocycles. The first-order valence-corrected chi connectivity index (χ1v) is 9.69. The van der Waals surface area contributed by atoms with Crippen LogP contribution in [0.2, 0.25) is 0 Å². The molecule has 1 heterocycles. The first kappa shape index (κ1) is 20.9. The van der Waals surface area contributed by atoms with Crippen LogP contribution in [0.1, 0.15) is 30.7 Å². The topological polar surface area (TPSA) is 36.9 Å². The third kappa shape index (κ3) is 4.96. The van der Waals surface area contributed by atoms with Gasteiger partial charge < -0.3 is 15.0 Å². The Morgan fingerprint density at radius 3 is 2.43 bits per heavy atom. The minimum Gasteiger partial charge on any atom is -0.490 e. The fourth-order valence-electron chi connectivity index (χ4n) is 3.81. The van der Waals surface area contributed by atoms with Gasteiger partial charge in [-0.3, -0.25) is 4.99 Å². The Morgan fingerprint density at radius 1 is 1.07 bits per heavy atom. The van der Waals surface area contributed by atoms with Crippen LogP contribution >= 0.6 is 24.0 Å². The number of guanidine groups is 1. The number of nitrogens with one attached hydrogen (secondary N) is 1. The molecule has 0 spiro atoms. The Hall–Kier alpha value is -1.83. The average Bonchev–Trinajstić information content (AvgIpc) is 3.47. The van der Waals surface area contributed by atoms with Crippen LogP contribution in [0, 0.1) is 5.82 Å². The van der Waals surface area contributed by atoms with Crippen LogP contribution < -0.4 is 10.1 Å². The largest absolute Gasteiger partial charge is 0.490 e. The van der Waals surface area contributed by atoms with Gasteiger partial charge in [-0.15, -0.1) is 24.0 Å². The summed E-state index contributed by atoms with van der Waals surface area (Å²) in [4.78, 5) is 6.73. The van der Waals surface area contributed by atoms with Crippen LogP contribution in [0.5, 0.6) is 5.75 Å². The van der Waals surface area contributed by atoms with Crippen LogP contribution in [-0.4, -0.2) is 43.1 Å². The molecule has 150 valence electrons. The number of ether oxygens (including phenoxy) is 1. The highest BCUT2D eigenvalue weighted by Crippen LogP contribution is 2.42. The van der Waals surface area contributed by atoms with Gasteiger partial charge in [0.1, 0.15) is 17.7 Å². The van der Waals surface area contributed by atoms with E-state index in [4.69, 9.17) is 4.74 Å². The third-order valence-electron chi connectivity index (χ3n) is 5.41. The first-order chi connectivity index (χ1) is 13.2. The van der Waals surface area contributed by atoms with E-state index in [1.165, 1.54) is 6.07 Å². The highest BCUT2D eigenvalue weighted by molar-refractivity contribution is 14.0. The SMILES string of the molecule is CN=C(NC1CC1c1ccccc1F)N1CCC(Oc2ccccc2)CC1.I. The van der Waals surface area contributed by atoms with E-state index in [-0.39, 0.29) is 47.9 Å². The number of para-hydroxylation sites is 1. The number of likely N-dealkylation sites (tertiary alicyclic amines) is 1. The molecule has 1 saturated carbocycles. The van der Waals surface area contributed by atoms with E-state index in [1.54, 1.807) is 6.07 Å². The Kier molecular flexibility index (Phi) is 7.15. The molecule has 4 rings (SSSR count). The number of hydrogen-bond donors (Lipinski definition) is 1. The highest BCUT2D eigenvalue weighted by atomic mass is 127. The molecule has 0 amide bonds. The molecule has 2 unspecified atom stereocenters. The number of aliphatic imine (C=N–C) groups is 1. The van der Waals surface area contributed by atoms with Gasteiger partial charge in [-0.25, -0.2) is 4.39 Å². The van der Waals surface area contributed by atoms with Crippen molar-refractivity contribution in [1.82, 2.24) is 10.2 Å². The van der Waals surface area contributed by atoms with Crippen molar-refractivity contribution in [2.45, 2.75) is 37.3 Å². The van der Waals surface area contributed by atoms with Crippen molar-refractivity contribution in [3.8, 4) is 5.75 Å². The summed E-state index contributed by atoms with van der Waals surface area (Å²) < 4.78 is 20.0. The average molecular weight is 495 g/mol. The standard InChI is InChI=1S/C22H26FN3O.HI/c1-24-22(25-21-15-19(21)18-9-5-6-10-20(18)23)26-13-11-17(12-14-26)27-16-7-3-2-4-8-16;/h2-10,17,19,21H,11-15H2,1H3,(H,24,25);1H. The van der Waals surface area contributed by atoms with Crippen LogP contribution in [0.15, 0.2) is 59.6 Å². The minimum atomic E-state index is -0.110. The van der Waals surface area contributed by atoms with Crippen LogP contribution in [0.25, 0.3) is 0 Å². The summed E-state index contributed by atoms with van der Waals surface area (Å²) in [5.74, 6) is 1.98. The second kappa shape index (κ2) is 9.58. The smallest absolute Gasteiger partial charge is 0.193 e. The van der Waals surface area contributed by atoms with Gasteiger partial charge in [-0.05, 0) is 30.2 Å². The van der Waals surface area contributed by atoms with Crippen molar-refractivity contribution >= 4 is 29.9 Å². The van der Waals surface area contributed by atoms with Gasteiger partial charge >= 0.3 is 0 Å². The van der Waals surface area contributed by atoms with Gasteiger partial charge in [-0.2, -0.15) is 0 Å². The lowest BCUT2D eigenvalue weighted by Crippen LogP contribution is -2.48. The van der Waals surface area contributed by atoms with Crippen LogP contribution in [0.3, 0.4) is 0 Å². The van der Waals surface area contributed by atoms with Crippen molar-refractivity contribution in [3.05, 3.63) is 66.0 Å². The zero-order valence-electron chi connectivity index (χ0n) is 16.1. The number of benzene rings is 2. The summed E-state index contributed by atoms with van der Waals surface area (Å²) >= 11 is 0. The maximum Gasteiger partial charge on any atom is 0.193 e. The first-order valence-electron chi connectivity index (χ1n) is 9.69. The van der Waals surface area contributed by atoms with Crippen molar-refractivity contribution in [2.75, 3.05) is 20.1 Å². The van der Waals surface area contributed by atoms with E-state index in [0.717, 1.165) is 49.6 Å². The van der Waals surface area contributed by atoms with Crippen molar-refractivity contribution in [1.29, 1.82) is 0 Å². The Bertz CT molecular complexity index is 793. The van der Waals surface area contributed by atoms with Gasteiger partial charge in [0.2, 0.25) is 0 Å². The zero-order valence-corrected chi connectivity index (χ0v) is 18.4. The monoisotopic (exact) mass is 495 g/mol. The van der Waals surface area contributed by atoms with Gasteiger partial charge in [0.25, 0.3) is 0 Å². The molecule has 0 bridgehead atoms. The minimum absolute atomic E-state index is 0. The van der Waals surface area contributed by atoms with E-state index in [2.05, 4.69) is 15.2 Å². The van der Waals surface area contributed by atoms with E-state index in [1.807, 2.05) is 49.5 Å². The van der Waals surface area contributed by atoms with Crippen molar-refractivity contribution < 1.29 is 9.13 Å². The molecule has 2 aliphatic rings. The Balaban J connectivity index is 0.00000225. The van der Waals surface area contributed by atoms with Gasteiger partial charge in [0.05, 0.1) is 0 Å². The molecule has 0 aromatic heterocycles. The fraction of sp³-hybridized carbons (Fsp3) is 0.409. The summed E-state index contributed by atoms with van der Waals surface area (Å²) in [7, 11) is 1.81. The molecule has 6 heteroatoms. The summed E-state index contributed by atoms with van der Waals surface area (Å²) in [5.41, 5.74) is 0.806. The molecule has 1 aliphatic carbocycles. The van der Waals surface area contributed by atoms with E-state index in [0.29, 0.717) is 0 Å². The van der Waals surface area contributed by atoms with Gasteiger partial charge in [-0.1, -0.05) is 36.4 Å². The molecular weight excluding hydrogens is 468 g/mol. The van der Waals surface area contributed by atoms with Gasteiger partial charge in [0.15, 0.2) is 5.96 Å². The molecular formula is C22H27FIN3O. The lowest BCUT2D eigenvalue weighted by Gasteiger charge is -2.34. The third-order valence-corrected chi connectivity index (χ3v) is 5.41. The van der Waals surface area contributed by atoms with Crippen LogP contribution in [-0.2, 0) is 0 Å². The predicted molar refractivity (Wildman–Crippen MR) is 121 cm³/mol. The number of hydrogen-bond acceptors (Lipinski definition) is 2. The molecule has 2 aromatic carbocycles. The second-order valence-corrected chi connectivity index (χ2v) is 7.28. The van der Waals surface area contributed by atoms with E-state index >= 15 is 0 Å². The zero-order chi connectivity index (χ0) is 18.6. The quantitative estimate of drug-likeness (QED) is 0.388. The Morgan fingerprint density at radius 2 is 1.75 bits per heavy atom. The predicted octanol–water partition coefficient (Wildman–Crippen LogP) is 4.42. The number of halogens is 2. The number of nitrogens with zero attached hydrogens (tertiary/aromatic N) is 2. The van der Waals surface area contributed by atoms with Crippen LogP contribution in [0.4, 0.5) is 4.39 Å². The normalized spacial score (nSPS) is 22.4. The molecule has 4 nitrogen and oxygen atoms in total. The summed E-state index contributed by atoms with van der Waals surface area (Å²) in [5, 5.41) is 3.52. The van der Waals surface area contributed by atoms with Crippen molar-refractivity contribution in [2.24, 2.45) is 4.99 Å². The van der Waals surface area contributed by atoms with E-state index in [9.17, 15) is 4.39 Å². The number of piperidine rings is 1. The molecule has 2 aromatic rings. The molecule has 1 aliphatic heterocycles. The maximum absolute atomic E-state index is 14.0. The van der Waals surface area contributed by atoms with Gasteiger partial charge in [0, 0.05) is 44.9 Å². The summed E-state index contributed by atoms with van der Waals surface area (Å²) in [6.45, 7) is 1.82. The number of rotatable bonds is 4.